The fourth-order valence-corrected chi connectivity index (χ4v) is 1.54. The van der Waals surface area contributed by atoms with E-state index in [0.717, 1.165) is 5.75 Å². The van der Waals surface area contributed by atoms with Gasteiger partial charge in [-0.2, -0.15) is 4.98 Å². The van der Waals surface area contributed by atoms with Crippen LogP contribution in [-0.4, -0.2) is 21.6 Å². The molecule has 0 aliphatic rings. The quantitative estimate of drug-likeness (QED) is 0.661. The van der Waals surface area contributed by atoms with Crippen molar-refractivity contribution >= 4 is 17.3 Å². The summed E-state index contributed by atoms with van der Waals surface area (Å²) in [6, 6.07) is 7.04. The van der Waals surface area contributed by atoms with Crippen molar-refractivity contribution in [2.45, 2.75) is 0 Å². The van der Waals surface area contributed by atoms with Crippen molar-refractivity contribution in [3.8, 4) is 5.75 Å². The highest BCUT2D eigenvalue weighted by Crippen LogP contribution is 2.26. The second-order valence-corrected chi connectivity index (χ2v) is 3.64. The third-order valence-corrected chi connectivity index (χ3v) is 2.43. The standard InChI is InChI=1S/C11H12N4O3/c1-14-7-12-10(11(14)15(16)17)13-8-3-5-9(18-2)6-4-8/h3-7,13H,1-2H3. The first kappa shape index (κ1) is 11.9. The van der Waals surface area contributed by atoms with Crippen LogP contribution in [0.3, 0.4) is 0 Å². The lowest BCUT2D eigenvalue weighted by Gasteiger charge is -2.05. The van der Waals surface area contributed by atoms with Crippen molar-refractivity contribution in [2.75, 3.05) is 12.4 Å². The van der Waals surface area contributed by atoms with Crippen molar-refractivity contribution in [2.24, 2.45) is 7.05 Å². The van der Waals surface area contributed by atoms with E-state index in [0.29, 0.717) is 5.69 Å². The monoisotopic (exact) mass is 248 g/mol. The molecule has 7 nitrogen and oxygen atoms in total. The Bertz CT molecular complexity index is 562. The topological polar surface area (TPSA) is 82.2 Å². The predicted molar refractivity (Wildman–Crippen MR) is 66.1 cm³/mol. The molecule has 0 aliphatic carbocycles. The van der Waals surface area contributed by atoms with Crippen LogP contribution in [-0.2, 0) is 7.05 Å². The predicted octanol–water partition coefficient (Wildman–Crippen LogP) is 2.08. The summed E-state index contributed by atoms with van der Waals surface area (Å²) in [5, 5.41) is 13.8. The van der Waals surface area contributed by atoms with Gasteiger partial charge in [0.15, 0.2) is 6.33 Å². The number of nitrogens with zero attached hydrogens (tertiary/aromatic N) is 3. The van der Waals surface area contributed by atoms with Gasteiger partial charge in [0.25, 0.3) is 0 Å². The second-order valence-electron chi connectivity index (χ2n) is 3.64. The summed E-state index contributed by atoms with van der Waals surface area (Å²) in [7, 11) is 3.15. The van der Waals surface area contributed by atoms with E-state index in [9.17, 15) is 10.1 Å². The molecule has 0 atom stereocenters. The highest BCUT2D eigenvalue weighted by atomic mass is 16.6. The lowest BCUT2D eigenvalue weighted by molar-refractivity contribution is -0.390. The van der Waals surface area contributed by atoms with Gasteiger partial charge in [-0.15, -0.1) is 0 Å². The first-order valence-electron chi connectivity index (χ1n) is 5.18. The minimum atomic E-state index is -0.473. The summed E-state index contributed by atoms with van der Waals surface area (Å²) in [6.45, 7) is 0. The minimum Gasteiger partial charge on any atom is -0.497 e. The molecule has 0 saturated heterocycles. The Morgan fingerprint density at radius 2 is 2.06 bits per heavy atom. The van der Waals surface area contributed by atoms with Gasteiger partial charge in [0.2, 0.25) is 5.82 Å². The van der Waals surface area contributed by atoms with Gasteiger partial charge < -0.3 is 20.2 Å². The summed E-state index contributed by atoms with van der Waals surface area (Å²) in [5.74, 6) is 0.856. The van der Waals surface area contributed by atoms with Crippen LogP contribution >= 0.6 is 0 Å². The molecular weight excluding hydrogens is 236 g/mol. The van der Waals surface area contributed by atoms with Gasteiger partial charge in [-0.3, -0.25) is 0 Å². The molecule has 0 amide bonds. The van der Waals surface area contributed by atoms with Gasteiger partial charge in [-0.05, 0) is 29.2 Å². The number of rotatable bonds is 4. The van der Waals surface area contributed by atoms with E-state index in [2.05, 4.69) is 10.3 Å². The summed E-state index contributed by atoms with van der Waals surface area (Å²) in [4.78, 5) is 14.4. The van der Waals surface area contributed by atoms with Gasteiger partial charge in [0, 0.05) is 5.69 Å². The van der Waals surface area contributed by atoms with E-state index >= 15 is 0 Å². The van der Waals surface area contributed by atoms with E-state index < -0.39 is 4.92 Å². The van der Waals surface area contributed by atoms with Crippen molar-refractivity contribution in [3.63, 3.8) is 0 Å². The zero-order valence-electron chi connectivity index (χ0n) is 9.95. The highest BCUT2D eigenvalue weighted by Gasteiger charge is 2.19. The fraction of sp³-hybridized carbons (Fsp3) is 0.182. The Hall–Kier alpha value is -2.57. The Morgan fingerprint density at radius 1 is 1.39 bits per heavy atom. The Labute approximate surface area is 103 Å². The molecule has 2 aromatic rings. The number of nitrogens with one attached hydrogen (secondary N) is 1. The largest absolute Gasteiger partial charge is 0.497 e. The first-order chi connectivity index (χ1) is 8.61. The van der Waals surface area contributed by atoms with Crippen LogP contribution < -0.4 is 10.1 Å². The normalized spacial score (nSPS) is 10.1. The van der Waals surface area contributed by atoms with Crippen molar-refractivity contribution in [1.29, 1.82) is 0 Å². The Kier molecular flexibility index (Phi) is 3.13. The summed E-state index contributed by atoms with van der Waals surface area (Å²) >= 11 is 0. The zero-order valence-corrected chi connectivity index (χ0v) is 9.95. The van der Waals surface area contributed by atoms with E-state index in [4.69, 9.17) is 4.74 Å². The molecule has 1 heterocycles. The molecule has 2 rings (SSSR count). The third kappa shape index (κ3) is 2.24. The average molecular weight is 248 g/mol. The molecule has 1 aromatic carbocycles. The average Bonchev–Trinajstić information content (AvgIpc) is 2.71. The van der Waals surface area contributed by atoms with Gasteiger partial charge in [0.05, 0.1) is 14.2 Å². The second kappa shape index (κ2) is 4.74. The fourth-order valence-electron chi connectivity index (χ4n) is 1.54. The number of aromatic nitrogens is 2. The van der Waals surface area contributed by atoms with Crippen molar-refractivity contribution in [1.82, 2.24) is 9.55 Å². The molecule has 0 bridgehead atoms. The van der Waals surface area contributed by atoms with E-state index in [1.807, 2.05) is 0 Å². The van der Waals surface area contributed by atoms with E-state index in [1.165, 1.54) is 10.9 Å². The summed E-state index contributed by atoms with van der Waals surface area (Å²) < 4.78 is 6.38. The maximum absolute atomic E-state index is 10.9. The molecule has 0 aliphatic heterocycles. The molecule has 0 unspecified atom stereocenters. The molecule has 0 radical (unpaired) electrons. The van der Waals surface area contributed by atoms with Crippen LogP contribution in [0, 0.1) is 10.1 Å². The number of aryl methyl sites for hydroxylation is 1. The van der Waals surface area contributed by atoms with Crippen LogP contribution in [0.25, 0.3) is 0 Å². The van der Waals surface area contributed by atoms with Gasteiger partial charge >= 0.3 is 5.82 Å². The Balaban J connectivity index is 2.25. The van der Waals surface area contributed by atoms with Crippen molar-refractivity contribution < 1.29 is 9.66 Å². The number of methoxy groups -OCH3 is 1. The van der Waals surface area contributed by atoms with Crippen LogP contribution in [0.1, 0.15) is 0 Å². The lowest BCUT2D eigenvalue weighted by Crippen LogP contribution is -2.00. The van der Waals surface area contributed by atoms with Crippen LogP contribution in [0.5, 0.6) is 5.75 Å². The van der Waals surface area contributed by atoms with Gasteiger partial charge in [0.1, 0.15) is 5.75 Å². The number of hydrogen-bond acceptors (Lipinski definition) is 5. The summed E-state index contributed by atoms with van der Waals surface area (Å²) in [5.41, 5.74) is 0.706. The van der Waals surface area contributed by atoms with Crippen LogP contribution in [0.15, 0.2) is 30.6 Å². The third-order valence-electron chi connectivity index (χ3n) is 2.43. The SMILES string of the molecule is COc1ccc(Nc2ncn(C)c2[N+](=O)[O-])cc1. The molecular formula is C11H12N4O3. The number of imidazole rings is 1. The van der Waals surface area contributed by atoms with Crippen molar-refractivity contribution in [3.05, 3.63) is 40.7 Å². The van der Waals surface area contributed by atoms with Crippen LogP contribution in [0.2, 0.25) is 0 Å². The molecule has 1 N–H and O–H groups in total. The number of benzene rings is 1. The maximum Gasteiger partial charge on any atom is 0.367 e. The Morgan fingerprint density at radius 3 is 2.61 bits per heavy atom. The lowest BCUT2D eigenvalue weighted by atomic mass is 10.3. The van der Waals surface area contributed by atoms with Gasteiger partial charge in [-0.25, -0.2) is 4.57 Å². The number of hydrogen-bond donors (Lipinski definition) is 1. The zero-order chi connectivity index (χ0) is 13.1. The number of ether oxygens (including phenoxy) is 1. The number of nitro groups is 1. The molecule has 0 spiro atoms. The molecule has 18 heavy (non-hydrogen) atoms. The number of anilines is 2. The van der Waals surface area contributed by atoms with E-state index in [1.54, 1.807) is 38.4 Å². The molecule has 1 aromatic heterocycles. The van der Waals surface area contributed by atoms with Gasteiger partial charge in [-0.1, -0.05) is 0 Å². The molecule has 0 saturated carbocycles. The molecule has 7 heteroatoms. The van der Waals surface area contributed by atoms with E-state index in [-0.39, 0.29) is 11.6 Å². The van der Waals surface area contributed by atoms with Crippen LogP contribution in [0.4, 0.5) is 17.3 Å². The maximum atomic E-state index is 10.9. The minimum absolute atomic E-state index is 0.0779. The summed E-state index contributed by atoms with van der Waals surface area (Å²) in [6.07, 6.45) is 1.39. The molecule has 0 fully saturated rings. The molecule has 94 valence electrons. The highest BCUT2D eigenvalue weighted by molar-refractivity contribution is 5.63. The first-order valence-corrected chi connectivity index (χ1v) is 5.18. The smallest absolute Gasteiger partial charge is 0.367 e.